The van der Waals surface area contributed by atoms with Gasteiger partial charge < -0.3 is 10.2 Å². The Morgan fingerprint density at radius 1 is 0.938 bits per heavy atom. The van der Waals surface area contributed by atoms with E-state index in [9.17, 15) is 14.6 Å². The number of halogens is 1. The van der Waals surface area contributed by atoms with Crippen LogP contribution in [0.5, 0.6) is 11.5 Å². The van der Waals surface area contributed by atoms with Crippen molar-refractivity contribution in [1.29, 1.82) is 0 Å². The average Bonchev–Trinajstić information content (AvgIpc) is 2.24. The maximum atomic E-state index is 13.8. The minimum absolute atomic E-state index is 0.128. The lowest BCUT2D eigenvalue weighted by Gasteiger charge is -2.09. The Morgan fingerprint density at radius 3 is 2.12 bits per heavy atom. The Balaban J connectivity index is 2.73. The molecule has 0 aliphatic rings. The predicted molar refractivity (Wildman–Crippen MR) is 59.9 cm³/mol. The third-order valence-corrected chi connectivity index (χ3v) is 2.48. The van der Waals surface area contributed by atoms with Crippen LogP contribution in [0.25, 0.3) is 11.1 Å². The lowest BCUT2D eigenvalue weighted by Crippen LogP contribution is -1.89. The summed E-state index contributed by atoms with van der Waals surface area (Å²) in [6.07, 6.45) is 0. The molecule has 0 heterocycles. The maximum absolute atomic E-state index is 13.8. The van der Waals surface area contributed by atoms with Crippen LogP contribution in [0.2, 0.25) is 0 Å². The van der Waals surface area contributed by atoms with Gasteiger partial charge in [-0.15, -0.1) is 0 Å². The Labute approximate surface area is 92.6 Å². The van der Waals surface area contributed by atoms with E-state index in [1.807, 2.05) is 0 Å². The molecule has 2 aromatic carbocycles. The van der Waals surface area contributed by atoms with Crippen molar-refractivity contribution in [3.63, 3.8) is 0 Å². The van der Waals surface area contributed by atoms with Crippen LogP contribution in [0.15, 0.2) is 36.4 Å². The van der Waals surface area contributed by atoms with Crippen molar-refractivity contribution in [2.24, 2.45) is 0 Å². The third-order valence-electron chi connectivity index (χ3n) is 2.48. The van der Waals surface area contributed by atoms with Crippen molar-refractivity contribution in [2.75, 3.05) is 0 Å². The summed E-state index contributed by atoms with van der Waals surface area (Å²) in [6, 6.07) is 9.17. The molecule has 0 aliphatic heterocycles. The molecule has 3 heteroatoms. The van der Waals surface area contributed by atoms with E-state index in [1.54, 1.807) is 19.1 Å². The van der Waals surface area contributed by atoms with E-state index in [2.05, 4.69) is 0 Å². The molecule has 0 saturated heterocycles. The predicted octanol–water partition coefficient (Wildman–Crippen LogP) is 3.21. The zero-order valence-electron chi connectivity index (χ0n) is 8.74. The van der Waals surface area contributed by atoms with Gasteiger partial charge in [0.25, 0.3) is 0 Å². The van der Waals surface area contributed by atoms with Gasteiger partial charge in [-0.25, -0.2) is 4.39 Å². The molecule has 0 bridgehead atoms. The minimum Gasteiger partial charge on any atom is -0.507 e. The Bertz CT molecular complexity index is 515. The van der Waals surface area contributed by atoms with E-state index in [0.29, 0.717) is 5.56 Å². The van der Waals surface area contributed by atoms with E-state index >= 15 is 0 Å². The fourth-order valence-corrected chi connectivity index (χ4v) is 1.64. The van der Waals surface area contributed by atoms with E-state index in [-0.39, 0.29) is 22.6 Å². The molecular formula is C13H11FO2. The van der Waals surface area contributed by atoms with Crippen molar-refractivity contribution in [2.45, 2.75) is 6.92 Å². The molecule has 2 nitrogen and oxygen atoms in total. The molecule has 16 heavy (non-hydrogen) atoms. The molecular weight excluding hydrogens is 207 g/mol. The number of aryl methyl sites for hydroxylation is 1. The molecule has 0 radical (unpaired) electrons. The second-order valence-electron chi connectivity index (χ2n) is 3.61. The minimum atomic E-state index is -0.431. The first-order valence-electron chi connectivity index (χ1n) is 4.87. The van der Waals surface area contributed by atoms with Gasteiger partial charge in [0.1, 0.15) is 17.3 Å². The second-order valence-corrected chi connectivity index (χ2v) is 3.61. The lowest BCUT2D eigenvalue weighted by molar-refractivity contribution is 0.453. The molecule has 82 valence electrons. The summed E-state index contributed by atoms with van der Waals surface area (Å²) in [5.41, 5.74) is 0.805. The number of phenols is 2. The number of hydrogen-bond donors (Lipinski definition) is 2. The monoisotopic (exact) mass is 218 g/mol. The van der Waals surface area contributed by atoms with Gasteiger partial charge >= 0.3 is 0 Å². The largest absolute Gasteiger partial charge is 0.507 e. The zero-order chi connectivity index (χ0) is 11.7. The molecule has 0 spiro atoms. The van der Waals surface area contributed by atoms with E-state index < -0.39 is 5.82 Å². The molecule has 0 saturated carbocycles. The molecule has 0 fully saturated rings. The Kier molecular flexibility index (Phi) is 2.52. The van der Waals surface area contributed by atoms with Gasteiger partial charge in [0.15, 0.2) is 0 Å². The van der Waals surface area contributed by atoms with Gasteiger partial charge in [0.05, 0.1) is 5.56 Å². The molecule has 0 aliphatic carbocycles. The quantitative estimate of drug-likeness (QED) is 0.771. The fraction of sp³-hybridized carbons (Fsp3) is 0.0769. The van der Waals surface area contributed by atoms with Gasteiger partial charge in [-0.3, -0.25) is 0 Å². The fourth-order valence-electron chi connectivity index (χ4n) is 1.64. The number of phenolic OH excluding ortho intramolecular Hbond substituents is 2. The van der Waals surface area contributed by atoms with Crippen LogP contribution < -0.4 is 0 Å². The molecule has 2 aromatic rings. The molecule has 0 aromatic heterocycles. The first kappa shape index (κ1) is 10.5. The van der Waals surface area contributed by atoms with E-state index in [1.165, 1.54) is 24.3 Å². The van der Waals surface area contributed by atoms with Crippen LogP contribution in [0.1, 0.15) is 5.56 Å². The summed E-state index contributed by atoms with van der Waals surface area (Å²) in [5.74, 6) is -0.701. The van der Waals surface area contributed by atoms with Gasteiger partial charge in [-0.2, -0.15) is 0 Å². The van der Waals surface area contributed by atoms with Gasteiger partial charge in [0.2, 0.25) is 0 Å². The number of rotatable bonds is 1. The van der Waals surface area contributed by atoms with Crippen LogP contribution in [-0.2, 0) is 0 Å². The maximum Gasteiger partial charge on any atom is 0.134 e. The number of hydrogen-bond acceptors (Lipinski definition) is 2. The normalized spacial score (nSPS) is 10.4. The molecule has 2 rings (SSSR count). The van der Waals surface area contributed by atoms with Crippen LogP contribution >= 0.6 is 0 Å². The van der Waals surface area contributed by atoms with Gasteiger partial charge in [-0.1, -0.05) is 24.3 Å². The van der Waals surface area contributed by atoms with E-state index in [4.69, 9.17) is 0 Å². The average molecular weight is 218 g/mol. The summed E-state index contributed by atoms with van der Waals surface area (Å²) >= 11 is 0. The van der Waals surface area contributed by atoms with Crippen molar-refractivity contribution < 1.29 is 14.6 Å². The number of benzene rings is 2. The summed E-state index contributed by atoms with van der Waals surface area (Å²) in [7, 11) is 0. The molecule has 0 unspecified atom stereocenters. The van der Waals surface area contributed by atoms with Crippen LogP contribution in [-0.4, -0.2) is 10.2 Å². The highest BCUT2D eigenvalue weighted by atomic mass is 19.1. The molecule has 2 N–H and O–H groups in total. The van der Waals surface area contributed by atoms with Crippen molar-refractivity contribution >= 4 is 0 Å². The SMILES string of the molecule is Cc1cccc(-c2c(O)cccc2O)c1F. The first-order chi connectivity index (χ1) is 7.61. The van der Waals surface area contributed by atoms with Crippen LogP contribution in [0.3, 0.4) is 0 Å². The van der Waals surface area contributed by atoms with Crippen LogP contribution in [0, 0.1) is 12.7 Å². The highest BCUT2D eigenvalue weighted by molar-refractivity contribution is 5.76. The topological polar surface area (TPSA) is 40.5 Å². The zero-order valence-corrected chi connectivity index (χ0v) is 8.74. The molecule has 0 amide bonds. The summed E-state index contributed by atoms with van der Waals surface area (Å²) in [5, 5.41) is 19.3. The summed E-state index contributed by atoms with van der Waals surface area (Å²) in [4.78, 5) is 0. The highest BCUT2D eigenvalue weighted by Crippen LogP contribution is 2.38. The first-order valence-corrected chi connectivity index (χ1v) is 4.87. The van der Waals surface area contributed by atoms with Crippen molar-refractivity contribution in [3.05, 3.63) is 47.8 Å². The van der Waals surface area contributed by atoms with Crippen molar-refractivity contribution in [3.8, 4) is 22.6 Å². The summed E-state index contributed by atoms with van der Waals surface area (Å²) in [6.45, 7) is 1.63. The molecule has 0 atom stereocenters. The Morgan fingerprint density at radius 2 is 1.50 bits per heavy atom. The Hall–Kier alpha value is -2.03. The van der Waals surface area contributed by atoms with Crippen molar-refractivity contribution in [1.82, 2.24) is 0 Å². The smallest absolute Gasteiger partial charge is 0.134 e. The van der Waals surface area contributed by atoms with Gasteiger partial charge in [-0.05, 0) is 24.6 Å². The van der Waals surface area contributed by atoms with Gasteiger partial charge in [0, 0.05) is 5.56 Å². The highest BCUT2D eigenvalue weighted by Gasteiger charge is 2.14. The van der Waals surface area contributed by atoms with E-state index in [0.717, 1.165) is 0 Å². The second kappa shape index (κ2) is 3.85. The third kappa shape index (κ3) is 1.60. The standard InChI is InChI=1S/C13H11FO2/c1-8-4-2-5-9(13(8)14)12-10(15)6-3-7-11(12)16/h2-7,15-16H,1H3. The number of aromatic hydroxyl groups is 2. The van der Waals surface area contributed by atoms with Crippen LogP contribution in [0.4, 0.5) is 4.39 Å². The lowest BCUT2D eigenvalue weighted by atomic mass is 10.0. The summed E-state index contributed by atoms with van der Waals surface area (Å²) < 4.78 is 13.8.